The molecule has 0 radical (unpaired) electrons. The molecular weight excluding hydrogens is 350 g/mol. The van der Waals surface area contributed by atoms with E-state index in [1.54, 1.807) is 17.6 Å². The van der Waals surface area contributed by atoms with Crippen molar-refractivity contribution in [2.24, 2.45) is 0 Å². The van der Waals surface area contributed by atoms with Crippen molar-refractivity contribution in [2.45, 2.75) is 6.54 Å². The Balaban J connectivity index is 1.46. The first-order valence-corrected chi connectivity index (χ1v) is 8.71. The summed E-state index contributed by atoms with van der Waals surface area (Å²) in [5, 5.41) is 8.81. The minimum Gasteiger partial charge on any atom is -0.346 e. The Morgan fingerprint density at radius 2 is 1.88 bits per heavy atom. The second-order valence-electron chi connectivity index (χ2n) is 5.34. The van der Waals surface area contributed by atoms with Crippen LogP contribution >= 0.6 is 11.3 Å². The summed E-state index contributed by atoms with van der Waals surface area (Å²) in [6, 6.07) is 15.1. The first-order chi connectivity index (χ1) is 12.8. The highest BCUT2D eigenvalue weighted by molar-refractivity contribution is 7.12. The number of hydrogen-bond donors (Lipinski definition) is 1. The molecule has 4 rings (SSSR count). The topological polar surface area (TPSA) is 93.8 Å². The van der Waals surface area contributed by atoms with Crippen molar-refractivity contribution in [1.82, 2.24) is 25.4 Å². The fraction of sp³-hybridized carbons (Fsp3) is 0.0556. The largest absolute Gasteiger partial charge is 0.346 e. The third-order valence-electron chi connectivity index (χ3n) is 3.53. The quantitative estimate of drug-likeness (QED) is 0.585. The summed E-state index contributed by atoms with van der Waals surface area (Å²) < 4.78 is 5.24. The molecule has 7 nitrogen and oxygen atoms in total. The lowest BCUT2D eigenvalue weighted by molar-refractivity contribution is 0.0950. The molecule has 0 aliphatic carbocycles. The van der Waals surface area contributed by atoms with Crippen molar-refractivity contribution in [3.05, 3.63) is 70.7 Å². The number of carbonyl (C=O) groups excluding carboxylic acids is 1. The molecule has 0 spiro atoms. The number of nitrogens with one attached hydrogen (secondary N) is 1. The Hall–Kier alpha value is -3.39. The molecule has 0 fully saturated rings. The normalized spacial score (nSPS) is 10.6. The van der Waals surface area contributed by atoms with Crippen LogP contribution in [0.4, 0.5) is 0 Å². The minimum atomic E-state index is -0.241. The van der Waals surface area contributed by atoms with Crippen molar-refractivity contribution < 1.29 is 9.32 Å². The third kappa shape index (κ3) is 3.50. The highest BCUT2D eigenvalue weighted by Crippen LogP contribution is 2.22. The number of pyridine rings is 1. The van der Waals surface area contributed by atoms with Crippen molar-refractivity contribution in [3.63, 3.8) is 0 Å². The molecule has 1 amide bonds. The Bertz CT molecular complexity index is 1010. The van der Waals surface area contributed by atoms with Crippen LogP contribution in [0.15, 0.2) is 64.6 Å². The Morgan fingerprint density at radius 3 is 2.69 bits per heavy atom. The second-order valence-corrected chi connectivity index (χ2v) is 6.20. The zero-order valence-corrected chi connectivity index (χ0v) is 14.3. The van der Waals surface area contributed by atoms with Crippen molar-refractivity contribution in [2.75, 3.05) is 0 Å². The molecule has 0 unspecified atom stereocenters. The first kappa shape index (κ1) is 16.1. The predicted octanol–water partition coefficient (Wildman–Crippen LogP) is 3.19. The van der Waals surface area contributed by atoms with E-state index in [9.17, 15) is 4.79 Å². The summed E-state index contributed by atoms with van der Waals surface area (Å²) in [5.74, 6) is 0.391. The maximum absolute atomic E-state index is 12.2. The van der Waals surface area contributed by atoms with Crippen LogP contribution in [0.3, 0.4) is 0 Å². The van der Waals surface area contributed by atoms with Gasteiger partial charge >= 0.3 is 0 Å². The number of benzene rings is 1. The summed E-state index contributed by atoms with van der Waals surface area (Å²) in [5.41, 5.74) is 2.10. The van der Waals surface area contributed by atoms with Crippen molar-refractivity contribution in [1.29, 1.82) is 0 Å². The van der Waals surface area contributed by atoms with Crippen LogP contribution in [0.2, 0.25) is 0 Å². The molecule has 1 N–H and O–H groups in total. The van der Waals surface area contributed by atoms with Gasteiger partial charge < -0.3 is 9.84 Å². The van der Waals surface area contributed by atoms with Crippen LogP contribution in [0.25, 0.3) is 23.1 Å². The number of nitrogens with zero attached hydrogens (tertiary/aromatic N) is 4. The lowest BCUT2D eigenvalue weighted by Gasteiger charge is -2.02. The molecule has 0 aliphatic rings. The van der Waals surface area contributed by atoms with E-state index in [0.717, 1.165) is 5.56 Å². The first-order valence-electron chi connectivity index (χ1n) is 7.83. The van der Waals surface area contributed by atoms with Crippen LogP contribution < -0.4 is 5.32 Å². The van der Waals surface area contributed by atoms with Crippen LogP contribution in [0.1, 0.15) is 15.4 Å². The van der Waals surface area contributed by atoms with Crippen LogP contribution in [-0.4, -0.2) is 26.0 Å². The molecule has 1 aromatic carbocycles. The van der Waals surface area contributed by atoms with Gasteiger partial charge in [0, 0.05) is 18.1 Å². The van der Waals surface area contributed by atoms with Crippen LogP contribution in [-0.2, 0) is 6.54 Å². The highest BCUT2D eigenvalue weighted by atomic mass is 32.1. The summed E-state index contributed by atoms with van der Waals surface area (Å²) in [4.78, 5) is 25.0. The summed E-state index contributed by atoms with van der Waals surface area (Å²) in [6.07, 6.45) is 1.66. The molecule has 0 saturated carbocycles. The van der Waals surface area contributed by atoms with Gasteiger partial charge in [-0.25, -0.2) is 4.98 Å². The van der Waals surface area contributed by atoms with E-state index < -0.39 is 0 Å². The average molecular weight is 363 g/mol. The van der Waals surface area contributed by atoms with Gasteiger partial charge in [-0.1, -0.05) is 41.6 Å². The Kier molecular flexibility index (Phi) is 4.48. The Labute approximate surface area is 152 Å². The van der Waals surface area contributed by atoms with E-state index >= 15 is 0 Å². The molecule has 0 aliphatic heterocycles. The van der Waals surface area contributed by atoms with Crippen molar-refractivity contribution in [3.8, 4) is 23.1 Å². The molecule has 4 aromatic rings. The standard InChI is InChI=1S/C18H13N5O2S/c24-16(20-10-12-6-2-1-3-7-12)18-21-14(11-26-18)17-22-15(23-25-17)13-8-4-5-9-19-13/h1-9,11H,10H2,(H,20,24). The molecule has 3 heterocycles. The molecule has 0 atom stereocenters. The zero-order valence-electron chi connectivity index (χ0n) is 13.5. The van der Waals surface area contributed by atoms with Gasteiger partial charge in [0.1, 0.15) is 11.4 Å². The predicted molar refractivity (Wildman–Crippen MR) is 96.2 cm³/mol. The molecule has 3 aromatic heterocycles. The van der Waals surface area contributed by atoms with Gasteiger partial charge in [-0.05, 0) is 17.7 Å². The second kappa shape index (κ2) is 7.24. The fourth-order valence-electron chi connectivity index (χ4n) is 2.26. The minimum absolute atomic E-state index is 0.241. The maximum Gasteiger partial charge on any atom is 0.280 e. The number of rotatable bonds is 5. The SMILES string of the molecule is O=C(NCc1ccccc1)c1nc(-c2nc(-c3ccccn3)no2)cs1. The maximum atomic E-state index is 12.2. The molecule has 8 heteroatoms. The van der Waals surface area contributed by atoms with Gasteiger partial charge in [0.2, 0.25) is 5.82 Å². The van der Waals surface area contributed by atoms with E-state index in [1.165, 1.54) is 11.3 Å². The van der Waals surface area contributed by atoms with Crippen LogP contribution in [0, 0.1) is 0 Å². The number of aromatic nitrogens is 4. The van der Waals surface area contributed by atoms with Crippen LogP contribution in [0.5, 0.6) is 0 Å². The average Bonchev–Trinajstić information content (AvgIpc) is 3.37. The summed E-state index contributed by atoms with van der Waals surface area (Å²) >= 11 is 1.23. The van der Waals surface area contributed by atoms with Gasteiger partial charge in [0.25, 0.3) is 11.8 Å². The van der Waals surface area contributed by atoms with E-state index in [0.29, 0.717) is 28.8 Å². The zero-order chi connectivity index (χ0) is 17.8. The van der Waals surface area contributed by atoms with Gasteiger partial charge in [-0.3, -0.25) is 9.78 Å². The molecule has 26 heavy (non-hydrogen) atoms. The summed E-state index contributed by atoms with van der Waals surface area (Å²) in [6.45, 7) is 0.443. The van der Waals surface area contributed by atoms with Gasteiger partial charge in [0.15, 0.2) is 5.01 Å². The van der Waals surface area contributed by atoms with E-state index in [2.05, 4.69) is 25.4 Å². The molecule has 0 saturated heterocycles. The number of amides is 1. The van der Waals surface area contributed by atoms with E-state index in [-0.39, 0.29) is 11.8 Å². The third-order valence-corrected chi connectivity index (χ3v) is 4.37. The van der Waals surface area contributed by atoms with Gasteiger partial charge in [-0.15, -0.1) is 11.3 Å². The van der Waals surface area contributed by atoms with Crippen molar-refractivity contribution >= 4 is 17.2 Å². The smallest absolute Gasteiger partial charge is 0.280 e. The number of hydrogen-bond acceptors (Lipinski definition) is 7. The molecule has 128 valence electrons. The lowest BCUT2D eigenvalue weighted by Crippen LogP contribution is -2.22. The monoisotopic (exact) mass is 363 g/mol. The molecule has 0 bridgehead atoms. The Morgan fingerprint density at radius 1 is 1.04 bits per heavy atom. The lowest BCUT2D eigenvalue weighted by atomic mass is 10.2. The van der Waals surface area contributed by atoms with Gasteiger partial charge in [-0.2, -0.15) is 4.98 Å². The van der Waals surface area contributed by atoms with E-state index in [1.807, 2.05) is 42.5 Å². The van der Waals surface area contributed by atoms with E-state index in [4.69, 9.17) is 4.52 Å². The number of thiazole rings is 1. The summed E-state index contributed by atoms with van der Waals surface area (Å²) in [7, 11) is 0. The molecular formula is C18H13N5O2S. The van der Waals surface area contributed by atoms with Gasteiger partial charge in [0.05, 0.1) is 0 Å². The highest BCUT2D eigenvalue weighted by Gasteiger charge is 2.17. The number of carbonyl (C=O) groups is 1. The fourth-order valence-corrected chi connectivity index (χ4v) is 2.96.